The minimum Gasteiger partial charge on any atom is -0.494 e. The van der Waals surface area contributed by atoms with Crippen LogP contribution < -0.4 is 10.1 Å². The largest absolute Gasteiger partial charge is 0.494 e. The number of hydrogen-bond acceptors (Lipinski definition) is 6. The number of amidine groups is 1. The van der Waals surface area contributed by atoms with Crippen LogP contribution in [0.1, 0.15) is 105 Å². The minimum atomic E-state index is -0.944. The Hall–Kier alpha value is -4.99. The molecule has 0 aliphatic carbocycles. The van der Waals surface area contributed by atoms with E-state index in [9.17, 15) is 19.5 Å². The van der Waals surface area contributed by atoms with E-state index in [0.29, 0.717) is 17.2 Å². The van der Waals surface area contributed by atoms with Gasteiger partial charge in [-0.2, -0.15) is 0 Å². The highest BCUT2D eigenvalue weighted by Crippen LogP contribution is 2.27. The number of unbranched alkanes of at least 4 members (excludes halogenated alkanes) is 4. The Morgan fingerprint density at radius 3 is 2.27 bits per heavy atom. The first kappa shape index (κ1) is 38.8. The van der Waals surface area contributed by atoms with Crippen molar-refractivity contribution in [1.29, 1.82) is 0 Å². The molecule has 0 radical (unpaired) electrons. The van der Waals surface area contributed by atoms with E-state index in [2.05, 4.69) is 28.9 Å². The van der Waals surface area contributed by atoms with E-state index in [1.165, 1.54) is 30.6 Å². The molecule has 4 rings (SSSR count). The summed E-state index contributed by atoms with van der Waals surface area (Å²) in [6.07, 6.45) is 7.94. The molecule has 51 heavy (non-hydrogen) atoms. The maximum Gasteiger partial charge on any atom is 0.310 e. The first-order valence-electron chi connectivity index (χ1n) is 17.8. The maximum atomic E-state index is 13.5. The second-order valence-electron chi connectivity index (χ2n) is 14.3. The summed E-state index contributed by atoms with van der Waals surface area (Å²) in [6.45, 7) is 16.6. The van der Waals surface area contributed by atoms with Crippen LogP contribution in [0, 0.1) is 12.8 Å². The van der Waals surface area contributed by atoms with Crippen molar-refractivity contribution in [3.05, 3.63) is 94.6 Å². The fourth-order valence-electron chi connectivity index (χ4n) is 5.71. The van der Waals surface area contributed by atoms with Crippen molar-refractivity contribution < 1.29 is 28.6 Å². The number of carboxylic acid groups (broad SMARTS) is 1. The third kappa shape index (κ3) is 10.7. The van der Waals surface area contributed by atoms with Crippen molar-refractivity contribution in [3.63, 3.8) is 0 Å². The van der Waals surface area contributed by atoms with Gasteiger partial charge in [-0.15, -0.1) is 0 Å². The fraction of sp³-hybridized carbons (Fsp3) is 0.439. The molecule has 0 unspecified atom stereocenters. The molecule has 2 amide bonds. The molecule has 0 spiro atoms. The van der Waals surface area contributed by atoms with E-state index < -0.39 is 23.8 Å². The molecule has 0 bridgehead atoms. The average molecular weight is 697 g/mol. The van der Waals surface area contributed by atoms with Crippen LogP contribution in [0.25, 0.3) is 5.57 Å². The Kier molecular flexibility index (Phi) is 13.5. The molecule has 3 aromatic rings. The van der Waals surface area contributed by atoms with Crippen molar-refractivity contribution in [2.45, 2.75) is 91.5 Å². The monoisotopic (exact) mass is 696 g/mol. The first-order valence-corrected chi connectivity index (χ1v) is 17.8. The smallest absolute Gasteiger partial charge is 0.310 e. The van der Waals surface area contributed by atoms with E-state index in [1.54, 1.807) is 13.1 Å². The highest BCUT2D eigenvalue weighted by atomic mass is 16.5. The second-order valence-corrected chi connectivity index (χ2v) is 14.3. The molecular weight excluding hydrogens is 644 g/mol. The Morgan fingerprint density at radius 1 is 1.04 bits per heavy atom. The van der Waals surface area contributed by atoms with Crippen LogP contribution in [-0.4, -0.2) is 66.1 Å². The Morgan fingerprint density at radius 2 is 1.69 bits per heavy atom. The number of likely N-dealkylation sites (tertiary alicyclic amines) is 1. The maximum absolute atomic E-state index is 13.5. The summed E-state index contributed by atoms with van der Waals surface area (Å²) in [7, 11) is 0. The van der Waals surface area contributed by atoms with Crippen molar-refractivity contribution in [2.24, 2.45) is 15.9 Å². The van der Waals surface area contributed by atoms with Gasteiger partial charge in [-0.25, -0.2) is 9.98 Å². The number of carbonyl (C=O) groups excluding carboxylic acids is 2. The number of carboxylic acids is 1. The molecule has 1 fully saturated rings. The highest BCUT2D eigenvalue weighted by molar-refractivity contribution is 6.02. The number of ether oxygens (including phenoxy) is 1. The zero-order valence-electron chi connectivity index (χ0n) is 30.8. The molecule has 1 aromatic heterocycles. The van der Waals surface area contributed by atoms with Gasteiger partial charge in [0.1, 0.15) is 17.6 Å². The van der Waals surface area contributed by atoms with Crippen LogP contribution >= 0.6 is 0 Å². The van der Waals surface area contributed by atoms with E-state index in [-0.39, 0.29) is 36.6 Å². The number of hydrogen-bond donors (Lipinski definition) is 2. The number of rotatable bonds is 16. The minimum absolute atomic E-state index is 0.0995. The van der Waals surface area contributed by atoms with E-state index in [4.69, 9.17) is 9.15 Å². The first-order chi connectivity index (χ1) is 24.3. The predicted octanol–water partition coefficient (Wildman–Crippen LogP) is 7.63. The number of furan rings is 1. The SMILES string of the molecule is C=NC(=N/C=C(\C)c1ccc(OCCCCCCC)cc1)c1ccc(C[C@H](NC(=O)c2oc(C(C)(C)C)cc2C)C(=O)N2CC(C(=O)O)C2)cc1. The normalized spacial score (nSPS) is 14.5. The summed E-state index contributed by atoms with van der Waals surface area (Å²) in [5.41, 5.74) is 3.87. The highest BCUT2D eigenvalue weighted by Gasteiger charge is 2.39. The van der Waals surface area contributed by atoms with Crippen LogP contribution in [0.3, 0.4) is 0 Å². The zero-order valence-corrected chi connectivity index (χ0v) is 30.8. The number of benzene rings is 2. The number of amides is 2. The molecule has 10 heteroatoms. The lowest BCUT2D eigenvalue weighted by atomic mass is 9.93. The van der Waals surface area contributed by atoms with Gasteiger partial charge in [0.15, 0.2) is 11.6 Å². The number of nitrogens with one attached hydrogen (secondary N) is 1. The van der Waals surface area contributed by atoms with Crippen LogP contribution in [-0.2, 0) is 21.4 Å². The van der Waals surface area contributed by atoms with Gasteiger partial charge in [0.25, 0.3) is 5.91 Å². The third-order valence-corrected chi connectivity index (χ3v) is 9.02. The molecule has 2 N–H and O–H groups in total. The summed E-state index contributed by atoms with van der Waals surface area (Å²) in [5, 5.41) is 12.2. The fourth-order valence-corrected chi connectivity index (χ4v) is 5.71. The van der Waals surface area contributed by atoms with Gasteiger partial charge in [0.05, 0.1) is 12.5 Å². The Bertz CT molecular complexity index is 1720. The summed E-state index contributed by atoms with van der Waals surface area (Å²) in [4.78, 5) is 48.5. The number of aryl methyl sites for hydroxylation is 1. The van der Waals surface area contributed by atoms with Crippen molar-refractivity contribution >= 4 is 35.9 Å². The van der Waals surface area contributed by atoms with Crippen molar-refractivity contribution in [2.75, 3.05) is 19.7 Å². The van der Waals surface area contributed by atoms with Gasteiger partial charge in [-0.1, -0.05) is 89.8 Å². The van der Waals surface area contributed by atoms with Crippen molar-refractivity contribution in [1.82, 2.24) is 10.2 Å². The average Bonchev–Trinajstić information content (AvgIpc) is 3.48. The molecule has 2 aromatic carbocycles. The van der Waals surface area contributed by atoms with E-state index in [0.717, 1.165) is 41.0 Å². The lowest BCUT2D eigenvalue weighted by Crippen LogP contribution is -2.59. The molecule has 1 atom stereocenters. The Labute approximate surface area is 301 Å². The number of aliphatic imine (C=N–C) groups is 2. The van der Waals surface area contributed by atoms with Crippen LogP contribution in [0.5, 0.6) is 5.75 Å². The summed E-state index contributed by atoms with van der Waals surface area (Å²) in [6, 6.07) is 16.3. The zero-order chi connectivity index (χ0) is 37.1. The topological polar surface area (TPSA) is 134 Å². The van der Waals surface area contributed by atoms with Crippen LogP contribution in [0.15, 0.2) is 75.2 Å². The molecule has 1 saturated heterocycles. The molecular formula is C41H52N4O6. The van der Waals surface area contributed by atoms with Gasteiger partial charge < -0.3 is 24.5 Å². The quantitative estimate of drug-likeness (QED) is 0.0899. The number of carbonyl (C=O) groups is 3. The van der Waals surface area contributed by atoms with Crippen LogP contribution in [0.4, 0.5) is 0 Å². The molecule has 1 aliphatic heterocycles. The summed E-state index contributed by atoms with van der Waals surface area (Å²) >= 11 is 0. The Balaban J connectivity index is 1.44. The molecule has 0 saturated carbocycles. The van der Waals surface area contributed by atoms with Gasteiger partial charge in [-0.3, -0.25) is 14.4 Å². The van der Waals surface area contributed by atoms with Gasteiger partial charge in [0, 0.05) is 42.3 Å². The third-order valence-electron chi connectivity index (χ3n) is 9.02. The molecule has 272 valence electrons. The number of allylic oxidation sites excluding steroid dienone is 1. The molecule has 10 nitrogen and oxygen atoms in total. The van der Waals surface area contributed by atoms with Gasteiger partial charge in [0.2, 0.25) is 5.91 Å². The standard InChI is InChI=1S/C41H52N4O6/c1-8-9-10-11-12-21-50-33-19-17-30(18-20-33)28(3)24-43-37(42-7)31-15-13-29(14-16-31)23-34(39(47)45-25-32(26-45)40(48)49)44-38(46)36-27(2)22-35(51-36)41(4,5)6/h13-20,22,24,32,34H,7-12,21,23,25-26H2,1-6H3,(H,44,46)(H,48,49)/b28-24+,43-37?/t34-/m0/s1. The predicted molar refractivity (Wildman–Crippen MR) is 202 cm³/mol. The van der Waals surface area contributed by atoms with E-state index >= 15 is 0 Å². The molecule has 1 aliphatic rings. The van der Waals surface area contributed by atoms with Gasteiger partial charge >= 0.3 is 5.97 Å². The number of nitrogens with zero attached hydrogens (tertiary/aromatic N) is 3. The second kappa shape index (κ2) is 17.8. The summed E-state index contributed by atoms with van der Waals surface area (Å²) < 4.78 is 11.8. The van der Waals surface area contributed by atoms with Crippen LogP contribution in [0.2, 0.25) is 0 Å². The van der Waals surface area contributed by atoms with Gasteiger partial charge in [-0.05, 0) is 61.9 Å². The van der Waals surface area contributed by atoms with Crippen molar-refractivity contribution in [3.8, 4) is 5.75 Å². The lowest BCUT2D eigenvalue weighted by molar-refractivity contribution is -0.153. The lowest BCUT2D eigenvalue weighted by Gasteiger charge is -2.38. The summed E-state index contributed by atoms with van der Waals surface area (Å²) in [5.74, 6) is -0.296. The van der Waals surface area contributed by atoms with E-state index in [1.807, 2.05) is 82.3 Å². The number of aliphatic carboxylic acids is 1. The molecule has 2 heterocycles.